The molecule has 1 aromatic rings. The van der Waals surface area contributed by atoms with Gasteiger partial charge in [0.25, 0.3) is 0 Å². The van der Waals surface area contributed by atoms with E-state index < -0.39 is 33.7 Å². The topological polar surface area (TPSA) is 71.4 Å². The average Bonchev–Trinajstić information content (AvgIpc) is 2.27. The van der Waals surface area contributed by atoms with Crippen LogP contribution in [0.15, 0.2) is 23.1 Å². The van der Waals surface area contributed by atoms with Crippen LogP contribution >= 0.6 is 0 Å². The Labute approximate surface area is 114 Å². The number of alkyl halides is 3. The highest BCUT2D eigenvalue weighted by Gasteiger charge is 2.48. The van der Waals surface area contributed by atoms with Crippen LogP contribution in [0.2, 0.25) is 0 Å². The van der Waals surface area contributed by atoms with Crippen LogP contribution in [0, 0.1) is 19.8 Å². The van der Waals surface area contributed by atoms with E-state index in [2.05, 4.69) is 0 Å². The monoisotopic (exact) mass is 310 g/mol. The molecule has 0 aliphatic carbocycles. The van der Waals surface area contributed by atoms with Crippen LogP contribution in [0.5, 0.6) is 0 Å². The maximum atomic E-state index is 12.6. The molecule has 112 valence electrons. The molecule has 0 bridgehead atoms. The second kappa shape index (κ2) is 5.43. The van der Waals surface area contributed by atoms with Crippen LogP contribution in [0.1, 0.15) is 11.1 Å². The molecule has 1 N–H and O–H groups in total. The lowest BCUT2D eigenvalue weighted by atomic mass is 10.2. The Kier molecular flexibility index (Phi) is 4.48. The van der Waals surface area contributed by atoms with Crippen molar-refractivity contribution in [1.29, 1.82) is 0 Å². The summed E-state index contributed by atoms with van der Waals surface area (Å²) in [5.74, 6) is -6.64. The number of rotatable bonds is 4. The summed E-state index contributed by atoms with van der Waals surface area (Å²) in [5, 5.41) is 8.56. The molecular formula is C12H13F3O4S. The second-order valence-corrected chi connectivity index (χ2v) is 6.49. The highest BCUT2D eigenvalue weighted by molar-refractivity contribution is 7.91. The predicted molar refractivity (Wildman–Crippen MR) is 65.1 cm³/mol. The van der Waals surface area contributed by atoms with Gasteiger partial charge < -0.3 is 5.11 Å². The number of carboxylic acid groups (broad SMARTS) is 1. The second-order valence-electron chi connectivity index (χ2n) is 4.48. The van der Waals surface area contributed by atoms with Gasteiger partial charge in [0.05, 0.1) is 10.6 Å². The van der Waals surface area contributed by atoms with Crippen LogP contribution < -0.4 is 0 Å². The Morgan fingerprint density at radius 2 is 1.85 bits per heavy atom. The van der Waals surface area contributed by atoms with E-state index >= 15 is 0 Å². The molecule has 0 heterocycles. The van der Waals surface area contributed by atoms with Crippen molar-refractivity contribution in [2.24, 2.45) is 5.92 Å². The summed E-state index contributed by atoms with van der Waals surface area (Å²) in [5.41, 5.74) is 0.843. The SMILES string of the molecule is Cc1ccc(C)c(S(=O)(=O)CC(C(=O)O)C(F)(F)F)c1. The summed E-state index contributed by atoms with van der Waals surface area (Å²) < 4.78 is 61.7. The molecule has 0 spiro atoms. The zero-order valence-corrected chi connectivity index (χ0v) is 11.5. The van der Waals surface area contributed by atoms with E-state index in [1.165, 1.54) is 19.1 Å². The molecule has 0 saturated carbocycles. The number of benzene rings is 1. The molecule has 1 unspecified atom stereocenters. The van der Waals surface area contributed by atoms with Crippen LogP contribution in [0.3, 0.4) is 0 Å². The highest BCUT2D eigenvalue weighted by atomic mass is 32.2. The largest absolute Gasteiger partial charge is 0.481 e. The van der Waals surface area contributed by atoms with Crippen molar-refractivity contribution >= 4 is 15.8 Å². The first-order chi connectivity index (χ1) is 8.95. The van der Waals surface area contributed by atoms with Gasteiger partial charge in [0.1, 0.15) is 0 Å². The lowest BCUT2D eigenvalue weighted by molar-refractivity contribution is -0.189. The Balaban J connectivity index is 3.24. The van der Waals surface area contributed by atoms with Crippen molar-refractivity contribution in [2.45, 2.75) is 24.9 Å². The number of aliphatic carboxylic acids is 1. The van der Waals surface area contributed by atoms with Crippen molar-refractivity contribution in [3.63, 3.8) is 0 Å². The molecule has 8 heteroatoms. The van der Waals surface area contributed by atoms with Crippen LogP contribution in [0.25, 0.3) is 0 Å². The Morgan fingerprint density at radius 1 is 1.30 bits per heavy atom. The van der Waals surface area contributed by atoms with E-state index in [0.29, 0.717) is 5.56 Å². The lowest BCUT2D eigenvalue weighted by Crippen LogP contribution is -2.36. The fraction of sp³-hybridized carbons (Fsp3) is 0.417. The molecule has 1 aromatic carbocycles. The number of carbonyl (C=O) groups is 1. The maximum Gasteiger partial charge on any atom is 0.403 e. The number of sulfone groups is 1. The summed E-state index contributed by atoms with van der Waals surface area (Å²) in [6.07, 6.45) is -5.11. The summed E-state index contributed by atoms with van der Waals surface area (Å²) >= 11 is 0. The summed E-state index contributed by atoms with van der Waals surface area (Å²) in [7, 11) is -4.34. The molecule has 20 heavy (non-hydrogen) atoms. The third-order valence-corrected chi connectivity index (χ3v) is 4.64. The van der Waals surface area contributed by atoms with Gasteiger partial charge in [-0.15, -0.1) is 0 Å². The number of hydrogen-bond acceptors (Lipinski definition) is 3. The van der Waals surface area contributed by atoms with Crippen molar-refractivity contribution < 1.29 is 31.5 Å². The Morgan fingerprint density at radius 3 is 2.30 bits per heavy atom. The summed E-state index contributed by atoms with van der Waals surface area (Å²) in [6, 6.07) is 4.32. The maximum absolute atomic E-state index is 12.6. The lowest BCUT2D eigenvalue weighted by Gasteiger charge is -2.17. The normalized spacial score (nSPS) is 14.1. The third kappa shape index (κ3) is 3.72. The highest BCUT2D eigenvalue weighted by Crippen LogP contribution is 2.30. The van der Waals surface area contributed by atoms with Crippen molar-refractivity contribution in [3.05, 3.63) is 29.3 Å². The van der Waals surface area contributed by atoms with Crippen molar-refractivity contribution in [3.8, 4) is 0 Å². The van der Waals surface area contributed by atoms with E-state index in [0.717, 1.165) is 0 Å². The molecule has 0 saturated heterocycles. The van der Waals surface area contributed by atoms with E-state index in [9.17, 15) is 26.4 Å². The Bertz CT molecular complexity index is 620. The summed E-state index contributed by atoms with van der Waals surface area (Å²) in [6.45, 7) is 3.03. The number of halogens is 3. The molecule has 0 radical (unpaired) electrons. The molecule has 1 rings (SSSR count). The van der Waals surface area contributed by atoms with Gasteiger partial charge in [-0.2, -0.15) is 13.2 Å². The van der Waals surface area contributed by atoms with E-state index in [1.807, 2.05) is 0 Å². The average molecular weight is 310 g/mol. The molecule has 0 amide bonds. The van der Waals surface area contributed by atoms with Gasteiger partial charge in [-0.1, -0.05) is 12.1 Å². The minimum Gasteiger partial charge on any atom is -0.481 e. The first-order valence-electron chi connectivity index (χ1n) is 5.54. The fourth-order valence-electron chi connectivity index (χ4n) is 1.66. The molecular weight excluding hydrogens is 297 g/mol. The van der Waals surface area contributed by atoms with E-state index in [1.54, 1.807) is 13.0 Å². The smallest absolute Gasteiger partial charge is 0.403 e. The fourth-order valence-corrected chi connectivity index (χ4v) is 3.53. The quantitative estimate of drug-likeness (QED) is 0.926. The predicted octanol–water partition coefficient (Wildman–Crippen LogP) is 2.34. The Hall–Kier alpha value is -1.57. The van der Waals surface area contributed by atoms with Gasteiger partial charge >= 0.3 is 12.1 Å². The number of carboxylic acids is 1. The first-order valence-corrected chi connectivity index (χ1v) is 7.20. The van der Waals surface area contributed by atoms with E-state index in [4.69, 9.17) is 5.11 Å². The molecule has 4 nitrogen and oxygen atoms in total. The van der Waals surface area contributed by atoms with Crippen molar-refractivity contribution in [2.75, 3.05) is 5.75 Å². The molecule has 1 atom stereocenters. The van der Waals surface area contributed by atoms with Gasteiger partial charge in [0.15, 0.2) is 15.8 Å². The zero-order valence-electron chi connectivity index (χ0n) is 10.7. The molecule has 0 fully saturated rings. The standard InChI is InChI=1S/C12H13F3O4S/c1-7-3-4-8(2)10(5-7)20(18,19)6-9(11(16)17)12(13,14)15/h3-5,9H,6H2,1-2H3,(H,16,17). The van der Waals surface area contributed by atoms with Gasteiger partial charge in [0, 0.05) is 0 Å². The van der Waals surface area contributed by atoms with Crippen LogP contribution in [-0.2, 0) is 14.6 Å². The van der Waals surface area contributed by atoms with Gasteiger partial charge in [0.2, 0.25) is 0 Å². The molecule has 0 aliphatic rings. The number of hydrogen-bond donors (Lipinski definition) is 1. The van der Waals surface area contributed by atoms with Crippen molar-refractivity contribution in [1.82, 2.24) is 0 Å². The van der Waals surface area contributed by atoms with Crippen LogP contribution in [-0.4, -0.2) is 31.4 Å². The summed E-state index contributed by atoms with van der Waals surface area (Å²) in [4.78, 5) is 10.4. The van der Waals surface area contributed by atoms with Crippen LogP contribution in [0.4, 0.5) is 13.2 Å². The zero-order chi connectivity index (χ0) is 15.7. The van der Waals surface area contributed by atoms with Gasteiger partial charge in [-0.3, -0.25) is 4.79 Å². The molecule has 0 aliphatic heterocycles. The minimum atomic E-state index is -5.11. The van der Waals surface area contributed by atoms with E-state index in [-0.39, 0.29) is 10.5 Å². The molecule has 0 aromatic heterocycles. The minimum absolute atomic E-state index is 0.270. The third-order valence-electron chi connectivity index (χ3n) is 2.76. The first kappa shape index (κ1) is 16.5. The number of aryl methyl sites for hydroxylation is 2. The van der Waals surface area contributed by atoms with Gasteiger partial charge in [-0.25, -0.2) is 8.42 Å². The van der Waals surface area contributed by atoms with Gasteiger partial charge in [-0.05, 0) is 31.0 Å².